The summed E-state index contributed by atoms with van der Waals surface area (Å²) >= 11 is 3.23. The minimum Gasteiger partial charge on any atom is -0.300 e. The van der Waals surface area contributed by atoms with E-state index < -0.39 is 4.83 Å². The quantitative estimate of drug-likeness (QED) is 0.622. The van der Waals surface area contributed by atoms with Crippen LogP contribution in [0.5, 0.6) is 0 Å². The zero-order valence-corrected chi connectivity index (χ0v) is 10.4. The van der Waals surface area contributed by atoms with Gasteiger partial charge in [0.1, 0.15) is 5.78 Å². The molecule has 0 bridgehead atoms. The van der Waals surface area contributed by atoms with E-state index in [9.17, 15) is 9.59 Å². The van der Waals surface area contributed by atoms with Crippen molar-refractivity contribution in [1.82, 2.24) is 0 Å². The molecule has 0 aliphatic carbocycles. The number of Topliss-reactive ketones (excluding diaryl/α,β-unsaturated/α-hetero) is 2. The SMILES string of the molecule is CC(=O)CC(Br)C(=O)c1ccc(C)cc1. The van der Waals surface area contributed by atoms with E-state index in [1.54, 1.807) is 12.1 Å². The van der Waals surface area contributed by atoms with Crippen LogP contribution in [-0.4, -0.2) is 16.4 Å². The van der Waals surface area contributed by atoms with Gasteiger partial charge in [0.15, 0.2) is 5.78 Å². The number of benzene rings is 1. The first-order valence-electron chi connectivity index (χ1n) is 4.75. The van der Waals surface area contributed by atoms with Crippen molar-refractivity contribution in [3.8, 4) is 0 Å². The molecule has 2 nitrogen and oxygen atoms in total. The summed E-state index contributed by atoms with van der Waals surface area (Å²) in [4.78, 5) is 22.2. The van der Waals surface area contributed by atoms with Crippen LogP contribution in [0.1, 0.15) is 29.3 Å². The molecule has 3 heteroatoms. The van der Waals surface area contributed by atoms with Gasteiger partial charge in [-0.1, -0.05) is 45.8 Å². The van der Waals surface area contributed by atoms with Crippen molar-refractivity contribution < 1.29 is 9.59 Å². The van der Waals surface area contributed by atoms with Crippen molar-refractivity contribution in [2.45, 2.75) is 25.1 Å². The lowest BCUT2D eigenvalue weighted by Gasteiger charge is -2.06. The Labute approximate surface area is 97.8 Å². The first-order valence-corrected chi connectivity index (χ1v) is 5.66. The summed E-state index contributed by atoms with van der Waals surface area (Å²) in [6, 6.07) is 7.35. The highest BCUT2D eigenvalue weighted by molar-refractivity contribution is 9.10. The Morgan fingerprint density at radius 1 is 1.27 bits per heavy atom. The molecule has 0 heterocycles. The summed E-state index contributed by atoms with van der Waals surface area (Å²) in [6.07, 6.45) is 0.243. The van der Waals surface area contributed by atoms with Crippen molar-refractivity contribution in [1.29, 1.82) is 0 Å². The average molecular weight is 269 g/mol. The lowest BCUT2D eigenvalue weighted by Crippen LogP contribution is -2.17. The van der Waals surface area contributed by atoms with E-state index in [2.05, 4.69) is 15.9 Å². The van der Waals surface area contributed by atoms with Gasteiger partial charge in [-0.15, -0.1) is 0 Å². The molecule has 0 fully saturated rings. The summed E-state index contributed by atoms with van der Waals surface area (Å²) in [7, 11) is 0. The van der Waals surface area contributed by atoms with Crippen LogP contribution < -0.4 is 0 Å². The molecule has 0 aromatic heterocycles. The van der Waals surface area contributed by atoms with Crippen molar-refractivity contribution >= 4 is 27.5 Å². The number of carbonyl (C=O) groups is 2. The van der Waals surface area contributed by atoms with Gasteiger partial charge in [0.05, 0.1) is 4.83 Å². The Bertz CT molecular complexity index is 368. The molecule has 0 saturated heterocycles. The smallest absolute Gasteiger partial charge is 0.176 e. The van der Waals surface area contributed by atoms with E-state index in [1.807, 2.05) is 19.1 Å². The van der Waals surface area contributed by atoms with Crippen LogP contribution in [0.4, 0.5) is 0 Å². The fourth-order valence-electron chi connectivity index (χ4n) is 1.24. The van der Waals surface area contributed by atoms with Gasteiger partial charge in [0.2, 0.25) is 0 Å². The second kappa shape index (κ2) is 5.21. The number of alkyl halides is 1. The summed E-state index contributed by atoms with van der Waals surface area (Å²) in [5, 5.41) is 0. The second-order valence-electron chi connectivity index (χ2n) is 3.60. The fraction of sp³-hybridized carbons (Fsp3) is 0.333. The van der Waals surface area contributed by atoms with Crippen LogP contribution >= 0.6 is 15.9 Å². The molecule has 0 saturated carbocycles. The Balaban J connectivity index is 2.76. The van der Waals surface area contributed by atoms with Gasteiger partial charge in [-0.2, -0.15) is 0 Å². The first-order chi connectivity index (χ1) is 7.00. The number of carbonyl (C=O) groups excluding carboxylic acids is 2. The maximum absolute atomic E-state index is 11.8. The lowest BCUT2D eigenvalue weighted by atomic mass is 10.0. The van der Waals surface area contributed by atoms with E-state index >= 15 is 0 Å². The number of ketones is 2. The number of rotatable bonds is 4. The van der Waals surface area contributed by atoms with E-state index in [0.717, 1.165) is 5.56 Å². The fourth-order valence-corrected chi connectivity index (χ4v) is 1.96. The van der Waals surface area contributed by atoms with Gasteiger partial charge in [0, 0.05) is 12.0 Å². The second-order valence-corrected chi connectivity index (χ2v) is 4.71. The van der Waals surface area contributed by atoms with E-state index in [1.165, 1.54) is 6.92 Å². The molecule has 80 valence electrons. The molecule has 0 N–H and O–H groups in total. The minimum atomic E-state index is -0.405. The Kier molecular flexibility index (Phi) is 4.21. The summed E-state index contributed by atoms with van der Waals surface area (Å²) in [6.45, 7) is 3.45. The van der Waals surface area contributed by atoms with Crippen molar-refractivity contribution in [3.05, 3.63) is 35.4 Å². The van der Waals surface area contributed by atoms with Crippen molar-refractivity contribution in [3.63, 3.8) is 0 Å². The van der Waals surface area contributed by atoms with Crippen LogP contribution in [0.25, 0.3) is 0 Å². The van der Waals surface area contributed by atoms with Crippen LogP contribution in [0.15, 0.2) is 24.3 Å². The topological polar surface area (TPSA) is 34.1 Å². The van der Waals surface area contributed by atoms with Crippen LogP contribution in [0, 0.1) is 6.92 Å². The van der Waals surface area contributed by atoms with Crippen LogP contribution in [0.3, 0.4) is 0 Å². The van der Waals surface area contributed by atoms with Crippen molar-refractivity contribution in [2.24, 2.45) is 0 Å². The van der Waals surface area contributed by atoms with E-state index in [0.29, 0.717) is 5.56 Å². The molecule has 0 aliphatic rings. The minimum absolute atomic E-state index is 0.0114. The average Bonchev–Trinajstić information content (AvgIpc) is 2.17. The molecule has 1 aromatic carbocycles. The molecule has 1 rings (SSSR count). The zero-order valence-electron chi connectivity index (χ0n) is 8.79. The predicted octanol–water partition coefficient (Wildman–Crippen LogP) is 2.92. The molecule has 1 atom stereocenters. The van der Waals surface area contributed by atoms with E-state index in [-0.39, 0.29) is 18.0 Å². The maximum atomic E-state index is 11.8. The highest BCUT2D eigenvalue weighted by atomic mass is 79.9. The summed E-state index contributed by atoms with van der Waals surface area (Å²) in [5.41, 5.74) is 1.76. The maximum Gasteiger partial charge on any atom is 0.176 e. The van der Waals surface area contributed by atoms with E-state index in [4.69, 9.17) is 0 Å². The number of halogens is 1. The highest BCUT2D eigenvalue weighted by Crippen LogP contribution is 2.14. The monoisotopic (exact) mass is 268 g/mol. The normalized spacial score (nSPS) is 12.2. The Morgan fingerprint density at radius 3 is 2.27 bits per heavy atom. The van der Waals surface area contributed by atoms with Crippen LogP contribution in [0.2, 0.25) is 0 Å². The molecule has 1 unspecified atom stereocenters. The number of aryl methyl sites for hydroxylation is 1. The number of hydrogen-bond acceptors (Lipinski definition) is 2. The standard InChI is InChI=1S/C12H13BrO2/c1-8-3-5-10(6-4-8)12(15)11(13)7-9(2)14/h3-6,11H,7H2,1-2H3. The van der Waals surface area contributed by atoms with Gasteiger partial charge >= 0.3 is 0 Å². The molecule has 0 aliphatic heterocycles. The molecule has 0 spiro atoms. The van der Waals surface area contributed by atoms with Gasteiger partial charge in [0.25, 0.3) is 0 Å². The number of hydrogen-bond donors (Lipinski definition) is 0. The third-order valence-electron chi connectivity index (χ3n) is 2.09. The molecule has 0 radical (unpaired) electrons. The van der Waals surface area contributed by atoms with Crippen LogP contribution in [-0.2, 0) is 4.79 Å². The predicted molar refractivity (Wildman–Crippen MR) is 63.5 cm³/mol. The molecule has 1 aromatic rings. The lowest BCUT2D eigenvalue weighted by molar-refractivity contribution is -0.116. The first kappa shape index (κ1) is 12.1. The van der Waals surface area contributed by atoms with Gasteiger partial charge in [-0.05, 0) is 13.8 Å². The highest BCUT2D eigenvalue weighted by Gasteiger charge is 2.18. The third kappa shape index (κ3) is 3.59. The Hall–Kier alpha value is -0.960. The zero-order chi connectivity index (χ0) is 11.4. The largest absolute Gasteiger partial charge is 0.300 e. The molecular formula is C12H13BrO2. The molecular weight excluding hydrogens is 256 g/mol. The summed E-state index contributed by atoms with van der Waals surface area (Å²) in [5.74, 6) is -0.0254. The van der Waals surface area contributed by atoms with Gasteiger partial charge in [-0.3, -0.25) is 9.59 Å². The third-order valence-corrected chi connectivity index (χ3v) is 2.83. The summed E-state index contributed by atoms with van der Waals surface area (Å²) < 4.78 is 0. The molecule has 15 heavy (non-hydrogen) atoms. The van der Waals surface area contributed by atoms with Crippen molar-refractivity contribution in [2.75, 3.05) is 0 Å². The Morgan fingerprint density at radius 2 is 1.80 bits per heavy atom. The van der Waals surface area contributed by atoms with Gasteiger partial charge < -0.3 is 0 Å². The molecule has 0 amide bonds. The van der Waals surface area contributed by atoms with Gasteiger partial charge in [-0.25, -0.2) is 0 Å².